The second kappa shape index (κ2) is 27.2. The molecule has 45 heavy (non-hydrogen) atoms. The third-order valence-corrected chi connectivity index (χ3v) is 13.0. The van der Waals surface area contributed by atoms with Crippen LogP contribution in [0.1, 0.15) is 105 Å². The molecule has 13 heteroatoms. The average molecular weight is 745 g/mol. The number of ether oxygens (including phenoxy) is 3. The van der Waals surface area contributed by atoms with Crippen LogP contribution in [0.4, 0.5) is 0 Å². The molecule has 0 aliphatic heterocycles. The van der Waals surface area contributed by atoms with Gasteiger partial charge in [-0.25, -0.2) is 0 Å². The fourth-order valence-electron chi connectivity index (χ4n) is 3.40. The fraction of sp³-hybridized carbons (Fsp3) is 0.625. The third kappa shape index (κ3) is 23.8. The van der Waals surface area contributed by atoms with Crippen LogP contribution < -0.4 is 0 Å². The zero-order chi connectivity index (χ0) is 33.8. The molecule has 0 saturated heterocycles. The van der Waals surface area contributed by atoms with Gasteiger partial charge in [-0.3, -0.25) is 0 Å². The van der Waals surface area contributed by atoms with Crippen LogP contribution in [0.5, 0.6) is 0 Å². The summed E-state index contributed by atoms with van der Waals surface area (Å²) in [5.41, 5.74) is 0. The first-order chi connectivity index (χ1) is 21.6. The molecule has 0 aliphatic carbocycles. The Kier molecular flexibility index (Phi) is 25.3. The van der Waals surface area contributed by atoms with E-state index in [1.54, 1.807) is 0 Å². The van der Waals surface area contributed by atoms with Crippen molar-refractivity contribution in [3.63, 3.8) is 0 Å². The Morgan fingerprint density at radius 3 is 1.02 bits per heavy atom. The predicted molar refractivity (Wildman–Crippen MR) is 167 cm³/mol. The second-order valence-electron chi connectivity index (χ2n) is 10.0. The van der Waals surface area contributed by atoms with E-state index in [2.05, 4.69) is 6.92 Å². The van der Waals surface area contributed by atoms with Gasteiger partial charge in [0.15, 0.2) is 0 Å². The summed E-state index contributed by atoms with van der Waals surface area (Å²) in [5, 5.41) is 0. The summed E-state index contributed by atoms with van der Waals surface area (Å²) < 4.78 is 31.5. The Labute approximate surface area is 272 Å². The van der Waals surface area contributed by atoms with Gasteiger partial charge in [0.05, 0.1) is 0 Å². The van der Waals surface area contributed by atoms with Gasteiger partial charge in [-0.15, -0.1) is 0 Å². The summed E-state index contributed by atoms with van der Waals surface area (Å²) in [4.78, 5) is 74.3. The van der Waals surface area contributed by atoms with Gasteiger partial charge in [-0.05, 0) is 0 Å². The van der Waals surface area contributed by atoms with E-state index in [4.69, 9.17) is 23.4 Å². The predicted octanol–water partition coefficient (Wildman–Crippen LogP) is 5.61. The number of hydrogen-bond donors (Lipinski definition) is 0. The Hall–Kier alpha value is -3.16. The number of hydrogen-bond acceptors (Lipinski definition) is 12. The van der Waals surface area contributed by atoms with Gasteiger partial charge >= 0.3 is 273 Å². The molecule has 0 spiro atoms. The molecule has 0 saturated carbocycles. The third-order valence-electron chi connectivity index (χ3n) is 5.90. The van der Waals surface area contributed by atoms with Crippen molar-refractivity contribution in [3.05, 3.63) is 36.5 Å². The molecule has 0 atom stereocenters. The first kappa shape index (κ1) is 41.8. The van der Waals surface area contributed by atoms with E-state index in [1.165, 1.54) is 0 Å². The molecule has 0 N–H and O–H groups in total. The molecule has 0 radical (unpaired) electrons. The summed E-state index contributed by atoms with van der Waals surface area (Å²) in [6.07, 6.45) is 14.3. The van der Waals surface area contributed by atoms with Crippen molar-refractivity contribution < 1.29 is 52.2 Å². The molecule has 0 aromatic rings. The average Bonchev–Trinajstić information content (AvgIpc) is 3.00. The van der Waals surface area contributed by atoms with E-state index in [9.17, 15) is 28.8 Å². The quantitative estimate of drug-likeness (QED) is 0.0375. The van der Waals surface area contributed by atoms with Crippen LogP contribution in [0.3, 0.4) is 0 Å². The van der Waals surface area contributed by atoms with Crippen LogP contribution in [-0.4, -0.2) is 75.3 Å². The zero-order valence-corrected chi connectivity index (χ0v) is 30.0. The molecule has 0 rings (SSSR count). The number of unbranched alkanes of at least 4 members (excludes halogenated alkanes) is 8. The Morgan fingerprint density at radius 2 is 0.689 bits per heavy atom. The number of carbonyl (C=O) groups excluding carboxylic acids is 6. The van der Waals surface area contributed by atoms with Crippen molar-refractivity contribution >= 4 is 55.4 Å². The van der Waals surface area contributed by atoms with Crippen molar-refractivity contribution in [1.29, 1.82) is 0 Å². The number of rotatable bonds is 25. The molecular weight excluding hydrogens is 695 g/mol. The molecule has 0 amide bonds. The molecule has 0 aromatic carbocycles. The van der Waals surface area contributed by atoms with E-state index < -0.39 is 55.4 Å². The van der Waals surface area contributed by atoms with Crippen molar-refractivity contribution in [3.8, 4) is 0 Å². The molecule has 0 unspecified atom stereocenters. The molecule has 0 bridgehead atoms. The van der Waals surface area contributed by atoms with Crippen LogP contribution in [0.15, 0.2) is 36.5 Å². The molecule has 12 nitrogen and oxygen atoms in total. The Bertz CT molecular complexity index is 890. The minimum absolute atomic E-state index is 0.0671. The van der Waals surface area contributed by atoms with Gasteiger partial charge in [0, 0.05) is 0 Å². The number of carbonyl (C=O) groups is 6. The molecular formula is C32H50O12Sn. The molecule has 0 aromatic heterocycles. The van der Waals surface area contributed by atoms with Crippen LogP contribution in [-0.2, 0) is 52.2 Å². The summed E-state index contributed by atoms with van der Waals surface area (Å²) in [5.74, 6) is -5.59. The van der Waals surface area contributed by atoms with Crippen molar-refractivity contribution in [1.82, 2.24) is 0 Å². The van der Waals surface area contributed by atoms with Gasteiger partial charge in [-0.2, -0.15) is 0 Å². The molecule has 254 valence electrons. The van der Waals surface area contributed by atoms with E-state index in [0.717, 1.165) is 81.4 Å². The van der Waals surface area contributed by atoms with Crippen LogP contribution in [0.25, 0.3) is 0 Å². The Morgan fingerprint density at radius 1 is 0.400 bits per heavy atom. The summed E-state index contributed by atoms with van der Waals surface area (Å²) in [6.45, 7) is 8.37. The maximum atomic E-state index is 12.8. The van der Waals surface area contributed by atoms with Crippen LogP contribution >= 0.6 is 0 Å². The topological polar surface area (TPSA) is 158 Å². The van der Waals surface area contributed by atoms with Gasteiger partial charge in [0.2, 0.25) is 0 Å². The second-order valence-corrected chi connectivity index (χ2v) is 17.1. The van der Waals surface area contributed by atoms with E-state index >= 15 is 0 Å². The number of esters is 3. The van der Waals surface area contributed by atoms with E-state index in [1.807, 2.05) is 20.8 Å². The zero-order valence-electron chi connectivity index (χ0n) is 27.2. The van der Waals surface area contributed by atoms with Crippen LogP contribution in [0, 0.1) is 0 Å². The summed E-state index contributed by atoms with van der Waals surface area (Å²) in [7, 11) is 0. The standard InChI is InChI=1S/3C8H12O4.C8H17.Sn/c3*1-2-3-6-12-8(11)5-4-7(9)10;1-3-5-7-8-6-4-2;/h3*4-5H,2-3,6H2,1H3,(H,9,10);1,3-8H2,2H3;/q;;;;+3/p-3/b3*5-4-;;. The van der Waals surface area contributed by atoms with Gasteiger partial charge < -0.3 is 0 Å². The SMILES string of the molecule is CCCCCCC[CH2][Sn]([O]C(=O)/C=C\C(=O)OCCCC)([O]C(=O)/C=C\C(=O)OCCCC)[O]C(=O)/C=C\C(=O)OCCCC. The van der Waals surface area contributed by atoms with Gasteiger partial charge in [0.25, 0.3) is 0 Å². The van der Waals surface area contributed by atoms with Crippen molar-refractivity contribution in [2.24, 2.45) is 0 Å². The minimum atomic E-state index is -5.51. The van der Waals surface area contributed by atoms with E-state index in [-0.39, 0.29) is 24.3 Å². The van der Waals surface area contributed by atoms with E-state index in [0.29, 0.717) is 32.1 Å². The van der Waals surface area contributed by atoms with Crippen molar-refractivity contribution in [2.45, 2.75) is 109 Å². The normalized spacial score (nSPS) is 11.5. The van der Waals surface area contributed by atoms with Crippen LogP contribution in [0.2, 0.25) is 4.44 Å². The first-order valence-electron chi connectivity index (χ1n) is 15.8. The maximum absolute atomic E-state index is 12.8. The summed E-state index contributed by atoms with van der Waals surface area (Å²) >= 11 is -5.51. The van der Waals surface area contributed by atoms with Gasteiger partial charge in [0.1, 0.15) is 0 Å². The Balaban J connectivity index is 6.04. The fourth-order valence-corrected chi connectivity index (χ4v) is 9.79. The monoisotopic (exact) mass is 746 g/mol. The molecule has 0 heterocycles. The molecule has 0 aliphatic rings. The first-order valence-corrected chi connectivity index (χ1v) is 21.4. The summed E-state index contributed by atoms with van der Waals surface area (Å²) in [6, 6.07) is 0. The molecule has 0 fully saturated rings. The van der Waals surface area contributed by atoms with Crippen molar-refractivity contribution in [2.75, 3.05) is 19.8 Å². The van der Waals surface area contributed by atoms with Gasteiger partial charge in [-0.1, -0.05) is 0 Å².